The number of carbonyl (C=O) groups is 1. The highest BCUT2D eigenvalue weighted by Gasteiger charge is 2.15. The molecule has 0 aliphatic rings. The van der Waals surface area contributed by atoms with Crippen molar-refractivity contribution >= 4 is 18.0 Å². The van der Waals surface area contributed by atoms with Gasteiger partial charge >= 0.3 is 5.97 Å². The Balaban J connectivity index is 2.35. The normalized spacial score (nSPS) is 10.8. The van der Waals surface area contributed by atoms with Crippen LogP contribution in [0.4, 0.5) is 10.2 Å². The van der Waals surface area contributed by atoms with E-state index in [2.05, 4.69) is 16.7 Å². The molecule has 114 valence electrons. The number of ether oxygens (including phenoxy) is 1. The van der Waals surface area contributed by atoms with Crippen molar-refractivity contribution in [1.29, 1.82) is 0 Å². The van der Waals surface area contributed by atoms with E-state index >= 15 is 0 Å². The first-order valence-corrected chi connectivity index (χ1v) is 6.79. The fraction of sp³-hybridized carbons (Fsp3) is 0.188. The molecule has 2 rings (SSSR count). The Hall–Kier alpha value is -2.76. The lowest BCUT2D eigenvalue weighted by atomic mass is 10.2. The van der Waals surface area contributed by atoms with Crippen molar-refractivity contribution in [2.75, 3.05) is 6.61 Å². The summed E-state index contributed by atoms with van der Waals surface area (Å²) in [4.78, 5) is 15.9. The van der Waals surface area contributed by atoms with Gasteiger partial charge in [-0.1, -0.05) is 30.9 Å². The predicted octanol–water partition coefficient (Wildman–Crippen LogP) is 3.14. The van der Waals surface area contributed by atoms with E-state index in [1.807, 2.05) is 0 Å². The molecule has 0 saturated heterocycles. The largest absolute Gasteiger partial charge is 0.461 e. The maximum atomic E-state index is 13.8. The monoisotopic (exact) mass is 301 g/mol. The quantitative estimate of drug-likeness (QED) is 0.608. The number of allylic oxidation sites excluding steroid dienone is 1. The van der Waals surface area contributed by atoms with Crippen LogP contribution in [0.5, 0.6) is 0 Å². The number of esters is 1. The van der Waals surface area contributed by atoms with Gasteiger partial charge in [0.15, 0.2) is 11.5 Å². The van der Waals surface area contributed by atoms with Gasteiger partial charge in [0.05, 0.1) is 13.2 Å². The van der Waals surface area contributed by atoms with Gasteiger partial charge < -0.3 is 4.74 Å². The van der Waals surface area contributed by atoms with Crippen molar-refractivity contribution in [3.05, 3.63) is 60.1 Å². The third kappa shape index (κ3) is 3.66. The predicted molar refractivity (Wildman–Crippen MR) is 82.0 cm³/mol. The van der Waals surface area contributed by atoms with E-state index in [9.17, 15) is 9.18 Å². The lowest BCUT2D eigenvalue weighted by molar-refractivity contribution is 0.0518. The zero-order valence-corrected chi connectivity index (χ0v) is 12.2. The lowest BCUT2D eigenvalue weighted by Crippen LogP contribution is -2.08. The summed E-state index contributed by atoms with van der Waals surface area (Å²) in [6, 6.07) is 7.88. The second-order valence-electron chi connectivity index (χ2n) is 4.37. The summed E-state index contributed by atoms with van der Waals surface area (Å²) in [5, 5.41) is 4.15. The fourth-order valence-corrected chi connectivity index (χ4v) is 1.85. The first-order valence-electron chi connectivity index (χ1n) is 6.79. The Kier molecular flexibility index (Phi) is 5.19. The summed E-state index contributed by atoms with van der Waals surface area (Å²) < 4.78 is 20.1. The van der Waals surface area contributed by atoms with Crippen molar-refractivity contribution in [2.24, 2.45) is 4.99 Å². The molecule has 2 aromatic rings. The van der Waals surface area contributed by atoms with E-state index in [-0.39, 0.29) is 24.7 Å². The van der Waals surface area contributed by atoms with Crippen LogP contribution in [0.2, 0.25) is 0 Å². The van der Waals surface area contributed by atoms with Gasteiger partial charge in [-0.3, -0.25) is 0 Å². The molecule has 0 aliphatic heterocycles. The Bertz CT molecular complexity index is 707. The van der Waals surface area contributed by atoms with Crippen LogP contribution in [0.15, 0.2) is 48.0 Å². The summed E-state index contributed by atoms with van der Waals surface area (Å²) in [6.45, 7) is 5.67. The molecule has 0 unspecified atom stereocenters. The van der Waals surface area contributed by atoms with Gasteiger partial charge in [-0.2, -0.15) is 5.10 Å². The van der Waals surface area contributed by atoms with Crippen LogP contribution in [-0.2, 0) is 11.3 Å². The van der Waals surface area contributed by atoms with Crippen molar-refractivity contribution < 1.29 is 13.9 Å². The number of nitrogens with zero attached hydrogens (tertiary/aromatic N) is 3. The van der Waals surface area contributed by atoms with E-state index in [4.69, 9.17) is 4.74 Å². The lowest BCUT2D eigenvalue weighted by Gasteiger charge is -2.05. The number of benzene rings is 1. The van der Waals surface area contributed by atoms with Crippen LogP contribution in [0.3, 0.4) is 0 Å². The second-order valence-corrected chi connectivity index (χ2v) is 4.37. The standard InChI is InChI=1S/C16H16FN3O2/c1-3-9-18-15-10-14(16(21)22-4-2)19-20(15)11-12-7-5-6-8-13(12)17/h3,5-10H,1,4,11H2,2H3/b18-9-. The van der Waals surface area contributed by atoms with E-state index in [0.717, 1.165) is 0 Å². The van der Waals surface area contributed by atoms with E-state index in [0.29, 0.717) is 11.4 Å². The molecule has 0 amide bonds. The minimum atomic E-state index is -0.537. The second kappa shape index (κ2) is 7.31. The molecule has 0 radical (unpaired) electrons. The van der Waals surface area contributed by atoms with Gasteiger partial charge in [0.1, 0.15) is 5.82 Å². The molecule has 1 aromatic carbocycles. The van der Waals surface area contributed by atoms with Crippen LogP contribution in [0, 0.1) is 5.82 Å². The summed E-state index contributed by atoms with van der Waals surface area (Å²) in [6.07, 6.45) is 2.98. The summed E-state index contributed by atoms with van der Waals surface area (Å²) in [7, 11) is 0. The Morgan fingerprint density at radius 3 is 2.95 bits per heavy atom. The molecule has 0 bridgehead atoms. The minimum Gasteiger partial charge on any atom is -0.461 e. The molecule has 0 N–H and O–H groups in total. The molecule has 5 nitrogen and oxygen atoms in total. The van der Waals surface area contributed by atoms with E-state index in [1.54, 1.807) is 25.1 Å². The number of aliphatic imine (C=N–C) groups is 1. The average molecular weight is 301 g/mol. The summed E-state index contributed by atoms with van der Waals surface area (Å²) in [5.41, 5.74) is 0.588. The smallest absolute Gasteiger partial charge is 0.358 e. The topological polar surface area (TPSA) is 56.5 Å². The van der Waals surface area contributed by atoms with Crippen LogP contribution >= 0.6 is 0 Å². The van der Waals surface area contributed by atoms with Gasteiger partial charge in [0.2, 0.25) is 0 Å². The molecule has 0 saturated carbocycles. The molecule has 22 heavy (non-hydrogen) atoms. The van der Waals surface area contributed by atoms with E-state index in [1.165, 1.54) is 29.1 Å². The Morgan fingerprint density at radius 1 is 1.50 bits per heavy atom. The highest BCUT2D eigenvalue weighted by Crippen LogP contribution is 2.18. The Morgan fingerprint density at radius 2 is 2.27 bits per heavy atom. The van der Waals surface area contributed by atoms with E-state index < -0.39 is 5.97 Å². The van der Waals surface area contributed by atoms with Gasteiger partial charge in [-0.05, 0) is 13.0 Å². The third-order valence-electron chi connectivity index (χ3n) is 2.83. The first-order chi connectivity index (χ1) is 10.7. The summed E-state index contributed by atoms with van der Waals surface area (Å²) >= 11 is 0. The van der Waals surface area contributed by atoms with Crippen LogP contribution in [0.1, 0.15) is 23.0 Å². The van der Waals surface area contributed by atoms with Gasteiger partial charge in [-0.15, -0.1) is 0 Å². The molecule has 0 spiro atoms. The maximum Gasteiger partial charge on any atom is 0.358 e. The number of carbonyl (C=O) groups excluding carboxylic acids is 1. The highest BCUT2D eigenvalue weighted by molar-refractivity contribution is 5.88. The number of aromatic nitrogens is 2. The fourth-order valence-electron chi connectivity index (χ4n) is 1.85. The first kappa shape index (κ1) is 15.6. The molecule has 1 heterocycles. The summed E-state index contributed by atoms with van der Waals surface area (Å²) in [5.74, 6) is -0.453. The molecule has 0 aliphatic carbocycles. The van der Waals surface area contributed by atoms with Crippen molar-refractivity contribution in [3.8, 4) is 0 Å². The minimum absolute atomic E-state index is 0.134. The molecule has 1 aromatic heterocycles. The number of hydrogen-bond donors (Lipinski definition) is 0. The van der Waals surface area contributed by atoms with Crippen molar-refractivity contribution in [2.45, 2.75) is 13.5 Å². The molecule has 0 atom stereocenters. The highest BCUT2D eigenvalue weighted by atomic mass is 19.1. The molecule has 6 heteroatoms. The number of halogens is 1. The zero-order chi connectivity index (χ0) is 15.9. The third-order valence-corrected chi connectivity index (χ3v) is 2.83. The van der Waals surface area contributed by atoms with Gasteiger partial charge in [-0.25, -0.2) is 18.9 Å². The average Bonchev–Trinajstić information content (AvgIpc) is 2.91. The molecular formula is C16H16FN3O2. The Labute approximate surface area is 127 Å². The van der Waals surface area contributed by atoms with Crippen molar-refractivity contribution in [1.82, 2.24) is 9.78 Å². The maximum absolute atomic E-state index is 13.8. The molecular weight excluding hydrogens is 285 g/mol. The van der Waals surface area contributed by atoms with Crippen molar-refractivity contribution in [3.63, 3.8) is 0 Å². The van der Waals surface area contributed by atoms with Gasteiger partial charge in [0, 0.05) is 17.8 Å². The SMILES string of the molecule is C=C/C=N\c1cc(C(=O)OCC)nn1Cc1ccccc1F. The molecule has 0 fully saturated rings. The van der Waals surface area contributed by atoms with Crippen LogP contribution in [0.25, 0.3) is 0 Å². The number of rotatable bonds is 6. The van der Waals surface area contributed by atoms with Gasteiger partial charge in [0.25, 0.3) is 0 Å². The number of hydrogen-bond acceptors (Lipinski definition) is 4. The van der Waals surface area contributed by atoms with Crippen LogP contribution < -0.4 is 0 Å². The zero-order valence-electron chi connectivity index (χ0n) is 12.2. The van der Waals surface area contributed by atoms with Crippen LogP contribution in [-0.4, -0.2) is 28.6 Å².